The number of hydrogen-bond donors (Lipinski definition) is 1. The van der Waals surface area contributed by atoms with E-state index in [1.54, 1.807) is 12.3 Å². The lowest BCUT2D eigenvalue weighted by atomic mass is 9.91. The summed E-state index contributed by atoms with van der Waals surface area (Å²) in [6.45, 7) is 0. The molecule has 0 unspecified atom stereocenters. The van der Waals surface area contributed by atoms with Crippen molar-refractivity contribution in [3.63, 3.8) is 0 Å². The lowest BCUT2D eigenvalue weighted by Gasteiger charge is -2.36. The van der Waals surface area contributed by atoms with Crippen LogP contribution in [0.2, 0.25) is 0 Å². The van der Waals surface area contributed by atoms with Gasteiger partial charge in [0.2, 0.25) is 0 Å². The summed E-state index contributed by atoms with van der Waals surface area (Å²) in [6.07, 6.45) is 8.13. The highest BCUT2D eigenvalue weighted by molar-refractivity contribution is 5.86. The average molecular weight is 232 g/mol. The highest BCUT2D eigenvalue weighted by Crippen LogP contribution is 2.29. The molecule has 17 heavy (non-hydrogen) atoms. The number of hydrogen-bond acceptors (Lipinski definition) is 3. The van der Waals surface area contributed by atoms with Crippen molar-refractivity contribution < 1.29 is 9.90 Å². The highest BCUT2D eigenvalue weighted by Gasteiger charge is 2.23. The topological polar surface area (TPSA) is 53.4 Å². The summed E-state index contributed by atoms with van der Waals surface area (Å²) < 4.78 is 0. The zero-order valence-corrected chi connectivity index (χ0v) is 9.84. The molecule has 1 aromatic rings. The van der Waals surface area contributed by atoms with Gasteiger partial charge in [-0.25, -0.2) is 9.78 Å². The van der Waals surface area contributed by atoms with Gasteiger partial charge >= 0.3 is 5.97 Å². The van der Waals surface area contributed by atoms with Gasteiger partial charge in [0, 0.05) is 30.9 Å². The Morgan fingerprint density at radius 2 is 2.35 bits per heavy atom. The highest BCUT2D eigenvalue weighted by atomic mass is 16.4. The Kier molecular flexibility index (Phi) is 3.42. The summed E-state index contributed by atoms with van der Waals surface area (Å²) in [4.78, 5) is 17.0. The lowest BCUT2D eigenvalue weighted by Crippen LogP contribution is -2.37. The van der Waals surface area contributed by atoms with Crippen LogP contribution in [0.5, 0.6) is 0 Å². The normalized spacial score (nSPS) is 15.8. The molecule has 0 saturated heterocycles. The van der Waals surface area contributed by atoms with Crippen LogP contribution in [0.1, 0.15) is 24.8 Å². The molecule has 1 saturated carbocycles. The second-order valence-electron chi connectivity index (χ2n) is 4.28. The molecule has 2 rings (SSSR count). The number of nitrogens with zero attached hydrogens (tertiary/aromatic N) is 2. The van der Waals surface area contributed by atoms with E-state index in [-0.39, 0.29) is 0 Å². The minimum atomic E-state index is -0.939. The van der Waals surface area contributed by atoms with Crippen LogP contribution >= 0.6 is 0 Å². The van der Waals surface area contributed by atoms with Gasteiger partial charge < -0.3 is 10.0 Å². The molecule has 0 aliphatic heterocycles. The van der Waals surface area contributed by atoms with Crippen LogP contribution in [-0.4, -0.2) is 29.1 Å². The number of pyridine rings is 1. The van der Waals surface area contributed by atoms with E-state index in [9.17, 15) is 4.79 Å². The number of aliphatic carboxylic acids is 1. The molecule has 0 atom stereocenters. The fraction of sp³-hybridized carbons (Fsp3) is 0.385. The minimum absolute atomic E-state index is 0.543. The van der Waals surface area contributed by atoms with Gasteiger partial charge in [0.15, 0.2) is 0 Å². The first-order chi connectivity index (χ1) is 8.18. The SMILES string of the molecule is CN(c1ncccc1/C=C/C(=O)O)C1CCC1. The fourth-order valence-electron chi connectivity index (χ4n) is 1.94. The molecular formula is C13H16N2O2. The Morgan fingerprint density at radius 1 is 1.59 bits per heavy atom. The van der Waals surface area contributed by atoms with E-state index >= 15 is 0 Å². The summed E-state index contributed by atoms with van der Waals surface area (Å²) in [5, 5.41) is 8.65. The second kappa shape index (κ2) is 4.99. The van der Waals surface area contributed by atoms with Gasteiger partial charge in [-0.2, -0.15) is 0 Å². The largest absolute Gasteiger partial charge is 0.478 e. The number of carboxylic acid groups (broad SMARTS) is 1. The van der Waals surface area contributed by atoms with Gasteiger partial charge in [0.1, 0.15) is 5.82 Å². The first kappa shape index (κ1) is 11.6. The summed E-state index contributed by atoms with van der Waals surface area (Å²) in [5.74, 6) is -0.0826. The van der Waals surface area contributed by atoms with E-state index in [2.05, 4.69) is 9.88 Å². The standard InChI is InChI=1S/C13H16N2O2/c1-15(11-5-2-6-11)13-10(4-3-9-14-13)7-8-12(16)17/h3-4,7-9,11H,2,5-6H2,1H3,(H,16,17)/b8-7+. The molecule has 0 radical (unpaired) electrons. The monoisotopic (exact) mass is 232 g/mol. The van der Waals surface area contributed by atoms with Gasteiger partial charge in [0.25, 0.3) is 0 Å². The van der Waals surface area contributed by atoms with Gasteiger partial charge in [-0.3, -0.25) is 0 Å². The summed E-state index contributed by atoms with van der Waals surface area (Å²) in [5.41, 5.74) is 0.851. The number of carboxylic acids is 1. The van der Waals surface area contributed by atoms with Gasteiger partial charge in [-0.05, 0) is 37.5 Å². The summed E-state index contributed by atoms with van der Waals surface area (Å²) in [6, 6.07) is 4.25. The van der Waals surface area contributed by atoms with Crippen molar-refractivity contribution in [2.75, 3.05) is 11.9 Å². The van der Waals surface area contributed by atoms with Crippen molar-refractivity contribution in [3.05, 3.63) is 30.0 Å². The molecule has 1 fully saturated rings. The number of aromatic nitrogens is 1. The predicted octanol–water partition coefficient (Wildman–Crippen LogP) is 2.17. The third kappa shape index (κ3) is 2.64. The number of rotatable bonds is 4. The minimum Gasteiger partial charge on any atom is -0.478 e. The Balaban J connectivity index is 2.23. The molecule has 1 aliphatic carbocycles. The molecule has 1 aromatic heterocycles. The smallest absolute Gasteiger partial charge is 0.328 e. The zero-order chi connectivity index (χ0) is 12.3. The number of anilines is 1. The molecular weight excluding hydrogens is 216 g/mol. The van der Waals surface area contributed by atoms with Crippen molar-refractivity contribution in [1.82, 2.24) is 4.98 Å². The zero-order valence-electron chi connectivity index (χ0n) is 9.84. The van der Waals surface area contributed by atoms with E-state index in [0.717, 1.165) is 17.5 Å². The maximum atomic E-state index is 10.5. The molecule has 0 aromatic carbocycles. The van der Waals surface area contributed by atoms with E-state index in [1.165, 1.54) is 19.3 Å². The molecule has 0 amide bonds. The van der Waals surface area contributed by atoms with E-state index in [4.69, 9.17) is 5.11 Å². The Bertz CT molecular complexity index is 439. The Hall–Kier alpha value is -1.84. The summed E-state index contributed by atoms with van der Waals surface area (Å²) >= 11 is 0. The third-order valence-electron chi connectivity index (χ3n) is 3.18. The first-order valence-electron chi connectivity index (χ1n) is 5.77. The third-order valence-corrected chi connectivity index (χ3v) is 3.18. The quantitative estimate of drug-likeness (QED) is 0.808. The Morgan fingerprint density at radius 3 is 2.94 bits per heavy atom. The van der Waals surface area contributed by atoms with Crippen molar-refractivity contribution in [3.8, 4) is 0 Å². The maximum absolute atomic E-state index is 10.5. The van der Waals surface area contributed by atoms with Crippen LogP contribution in [0.25, 0.3) is 6.08 Å². The van der Waals surface area contributed by atoms with E-state index < -0.39 is 5.97 Å². The maximum Gasteiger partial charge on any atom is 0.328 e. The van der Waals surface area contributed by atoms with Crippen LogP contribution in [0.4, 0.5) is 5.82 Å². The molecule has 1 heterocycles. The van der Waals surface area contributed by atoms with Gasteiger partial charge in [-0.15, -0.1) is 0 Å². The summed E-state index contributed by atoms with van der Waals surface area (Å²) in [7, 11) is 2.02. The van der Waals surface area contributed by atoms with Crippen LogP contribution in [-0.2, 0) is 4.79 Å². The van der Waals surface area contributed by atoms with Crippen LogP contribution in [0.15, 0.2) is 24.4 Å². The van der Waals surface area contributed by atoms with Gasteiger partial charge in [0.05, 0.1) is 0 Å². The van der Waals surface area contributed by atoms with Crippen LogP contribution in [0.3, 0.4) is 0 Å². The molecule has 0 bridgehead atoms. The lowest BCUT2D eigenvalue weighted by molar-refractivity contribution is -0.131. The number of carbonyl (C=O) groups is 1. The average Bonchev–Trinajstić information content (AvgIpc) is 2.24. The predicted molar refractivity (Wildman–Crippen MR) is 66.9 cm³/mol. The molecule has 4 heteroatoms. The van der Waals surface area contributed by atoms with Crippen molar-refractivity contribution >= 4 is 17.9 Å². The molecule has 1 N–H and O–H groups in total. The van der Waals surface area contributed by atoms with E-state index in [1.807, 2.05) is 19.2 Å². The van der Waals surface area contributed by atoms with E-state index in [0.29, 0.717) is 6.04 Å². The van der Waals surface area contributed by atoms with Crippen molar-refractivity contribution in [2.24, 2.45) is 0 Å². The van der Waals surface area contributed by atoms with Crippen molar-refractivity contribution in [1.29, 1.82) is 0 Å². The first-order valence-corrected chi connectivity index (χ1v) is 5.77. The fourth-order valence-corrected chi connectivity index (χ4v) is 1.94. The Labute approximate surface area is 101 Å². The molecule has 1 aliphatic rings. The molecule has 0 spiro atoms. The van der Waals surface area contributed by atoms with Gasteiger partial charge in [-0.1, -0.05) is 0 Å². The van der Waals surface area contributed by atoms with Crippen LogP contribution < -0.4 is 4.90 Å². The second-order valence-corrected chi connectivity index (χ2v) is 4.28. The van der Waals surface area contributed by atoms with Crippen LogP contribution in [0, 0.1) is 0 Å². The molecule has 4 nitrogen and oxygen atoms in total. The van der Waals surface area contributed by atoms with Crippen molar-refractivity contribution in [2.45, 2.75) is 25.3 Å². The molecule has 90 valence electrons.